The highest BCUT2D eigenvalue weighted by Crippen LogP contribution is 2.33. The number of aryl methyl sites for hydroxylation is 1. The number of hydrogen-bond donors (Lipinski definition) is 1. The monoisotopic (exact) mass is 396 g/mol. The van der Waals surface area contributed by atoms with Crippen LogP contribution in [-0.2, 0) is 6.42 Å². The molecule has 4 nitrogen and oxygen atoms in total. The molecule has 27 heavy (non-hydrogen) atoms. The summed E-state index contributed by atoms with van der Waals surface area (Å²) in [5, 5.41) is 3.28. The van der Waals surface area contributed by atoms with Gasteiger partial charge in [-0.25, -0.2) is 4.98 Å². The number of H-pyrrole nitrogens is 1. The zero-order chi connectivity index (χ0) is 19.0. The summed E-state index contributed by atoms with van der Waals surface area (Å²) >= 11 is 7.52. The van der Waals surface area contributed by atoms with Gasteiger partial charge in [0.2, 0.25) is 0 Å². The minimum absolute atomic E-state index is 0.123. The molecule has 2 aromatic heterocycles. The van der Waals surface area contributed by atoms with Gasteiger partial charge in [0.1, 0.15) is 16.4 Å². The van der Waals surface area contributed by atoms with E-state index in [1.165, 1.54) is 11.3 Å². The van der Waals surface area contributed by atoms with Gasteiger partial charge in [0.05, 0.1) is 12.5 Å². The Bertz CT molecular complexity index is 1200. The number of rotatable bonds is 4. The van der Waals surface area contributed by atoms with Crippen molar-refractivity contribution in [3.8, 4) is 16.9 Å². The second-order valence-electron chi connectivity index (χ2n) is 6.33. The summed E-state index contributed by atoms with van der Waals surface area (Å²) in [4.78, 5) is 21.1. The molecule has 0 spiro atoms. The van der Waals surface area contributed by atoms with Crippen molar-refractivity contribution >= 4 is 33.2 Å². The zero-order valence-corrected chi connectivity index (χ0v) is 16.4. The maximum Gasteiger partial charge on any atom is 0.260 e. The Morgan fingerprint density at radius 1 is 1.22 bits per heavy atom. The largest absolute Gasteiger partial charge is 0.496 e. The van der Waals surface area contributed by atoms with Gasteiger partial charge in [-0.2, -0.15) is 0 Å². The molecule has 0 saturated heterocycles. The first kappa shape index (κ1) is 17.8. The quantitative estimate of drug-likeness (QED) is 0.515. The summed E-state index contributed by atoms with van der Waals surface area (Å²) in [6, 6.07) is 13.5. The number of nitrogens with zero attached hydrogens (tertiary/aromatic N) is 1. The van der Waals surface area contributed by atoms with Gasteiger partial charge in [-0.15, -0.1) is 11.3 Å². The van der Waals surface area contributed by atoms with Crippen LogP contribution in [0.2, 0.25) is 5.02 Å². The highest BCUT2D eigenvalue weighted by Gasteiger charge is 2.14. The van der Waals surface area contributed by atoms with E-state index in [1.807, 2.05) is 54.8 Å². The molecule has 0 aliphatic heterocycles. The Morgan fingerprint density at radius 3 is 2.81 bits per heavy atom. The van der Waals surface area contributed by atoms with Crippen LogP contribution in [0.5, 0.6) is 5.75 Å². The van der Waals surface area contributed by atoms with Gasteiger partial charge in [-0.3, -0.25) is 4.79 Å². The van der Waals surface area contributed by atoms with Crippen LogP contribution in [0.3, 0.4) is 0 Å². The first-order chi connectivity index (χ1) is 13.0. The Balaban J connectivity index is 1.76. The van der Waals surface area contributed by atoms with Crippen LogP contribution in [0.4, 0.5) is 0 Å². The van der Waals surface area contributed by atoms with E-state index >= 15 is 0 Å². The van der Waals surface area contributed by atoms with Crippen molar-refractivity contribution in [2.24, 2.45) is 0 Å². The van der Waals surface area contributed by atoms with Gasteiger partial charge in [-0.05, 0) is 47.9 Å². The van der Waals surface area contributed by atoms with Crippen LogP contribution < -0.4 is 10.3 Å². The minimum atomic E-state index is -0.123. The van der Waals surface area contributed by atoms with Crippen molar-refractivity contribution in [1.82, 2.24) is 9.97 Å². The van der Waals surface area contributed by atoms with Crippen molar-refractivity contribution in [3.63, 3.8) is 0 Å². The first-order valence-electron chi connectivity index (χ1n) is 8.45. The number of aromatic nitrogens is 2. The fourth-order valence-electron chi connectivity index (χ4n) is 3.18. The molecule has 0 atom stereocenters. The number of ether oxygens (including phenoxy) is 1. The third kappa shape index (κ3) is 3.48. The van der Waals surface area contributed by atoms with Crippen LogP contribution in [0.25, 0.3) is 21.3 Å². The lowest BCUT2D eigenvalue weighted by atomic mass is 10.0. The Morgan fingerprint density at radius 2 is 2.07 bits per heavy atom. The average molecular weight is 397 g/mol. The third-order valence-electron chi connectivity index (χ3n) is 4.46. The normalized spacial score (nSPS) is 11.1. The Labute approximate surface area is 165 Å². The van der Waals surface area contributed by atoms with E-state index in [0.29, 0.717) is 22.7 Å². The van der Waals surface area contributed by atoms with E-state index < -0.39 is 0 Å². The molecule has 6 heteroatoms. The van der Waals surface area contributed by atoms with E-state index in [9.17, 15) is 4.79 Å². The smallest absolute Gasteiger partial charge is 0.260 e. The summed E-state index contributed by atoms with van der Waals surface area (Å²) in [6.45, 7) is 1.99. The number of thiophene rings is 1. The molecule has 0 radical (unpaired) electrons. The number of aromatic amines is 1. The lowest BCUT2D eigenvalue weighted by molar-refractivity contribution is 0.412. The summed E-state index contributed by atoms with van der Waals surface area (Å²) in [6.07, 6.45) is 0.528. The third-order valence-corrected chi connectivity index (χ3v) is 5.57. The Kier molecular flexibility index (Phi) is 4.72. The highest BCUT2D eigenvalue weighted by atomic mass is 35.5. The molecule has 1 N–H and O–H groups in total. The van der Waals surface area contributed by atoms with E-state index in [4.69, 9.17) is 16.3 Å². The second kappa shape index (κ2) is 7.18. The lowest BCUT2D eigenvalue weighted by Gasteiger charge is -2.07. The molecule has 0 fully saturated rings. The van der Waals surface area contributed by atoms with E-state index in [0.717, 1.165) is 32.8 Å². The lowest BCUT2D eigenvalue weighted by Crippen LogP contribution is -2.11. The van der Waals surface area contributed by atoms with E-state index in [-0.39, 0.29) is 5.56 Å². The number of fused-ring (bicyclic) bond motifs is 1. The summed E-state index contributed by atoms with van der Waals surface area (Å²) < 4.78 is 5.32. The van der Waals surface area contributed by atoms with Crippen LogP contribution >= 0.6 is 22.9 Å². The molecule has 136 valence electrons. The molecular weight excluding hydrogens is 380 g/mol. The van der Waals surface area contributed by atoms with Gasteiger partial charge < -0.3 is 9.72 Å². The van der Waals surface area contributed by atoms with Crippen molar-refractivity contribution in [1.29, 1.82) is 0 Å². The second-order valence-corrected chi connectivity index (χ2v) is 7.63. The van der Waals surface area contributed by atoms with Crippen LogP contribution in [0, 0.1) is 6.92 Å². The predicted molar refractivity (Wildman–Crippen MR) is 111 cm³/mol. The first-order valence-corrected chi connectivity index (χ1v) is 9.71. The molecule has 0 aliphatic rings. The molecule has 2 heterocycles. The number of benzene rings is 2. The number of hydrogen-bond acceptors (Lipinski definition) is 4. The predicted octanol–water partition coefficient (Wildman–Crippen LogP) is 5.21. The van der Waals surface area contributed by atoms with E-state index in [2.05, 4.69) is 9.97 Å². The van der Waals surface area contributed by atoms with Crippen LogP contribution in [0.15, 0.2) is 52.6 Å². The molecule has 0 bridgehead atoms. The SMILES string of the molecule is COc1ccc(-c2csc3nc(Cc4cccc(Cl)c4)[nH]c(=O)c23)cc1C. The average Bonchev–Trinajstić information content (AvgIpc) is 3.06. The van der Waals surface area contributed by atoms with E-state index in [1.54, 1.807) is 7.11 Å². The van der Waals surface area contributed by atoms with Crippen molar-refractivity contribution in [2.45, 2.75) is 13.3 Å². The molecule has 0 saturated carbocycles. The van der Waals surface area contributed by atoms with Crippen LogP contribution in [-0.4, -0.2) is 17.1 Å². The summed E-state index contributed by atoms with van der Waals surface area (Å²) in [7, 11) is 1.65. The zero-order valence-electron chi connectivity index (χ0n) is 14.9. The van der Waals surface area contributed by atoms with Gasteiger partial charge in [-0.1, -0.05) is 29.8 Å². The molecule has 4 rings (SSSR count). The molecular formula is C21H17ClN2O2S. The maximum absolute atomic E-state index is 12.8. The number of methoxy groups -OCH3 is 1. The number of halogens is 1. The molecule has 4 aromatic rings. The fourth-order valence-corrected chi connectivity index (χ4v) is 4.36. The van der Waals surface area contributed by atoms with Gasteiger partial charge in [0.25, 0.3) is 5.56 Å². The van der Waals surface area contributed by atoms with Crippen LogP contribution in [0.1, 0.15) is 17.0 Å². The summed E-state index contributed by atoms with van der Waals surface area (Å²) in [5.41, 5.74) is 3.78. The molecule has 0 aliphatic carbocycles. The number of nitrogens with one attached hydrogen (secondary N) is 1. The van der Waals surface area contributed by atoms with Crippen molar-refractivity contribution < 1.29 is 4.74 Å². The summed E-state index contributed by atoms with van der Waals surface area (Å²) in [5.74, 6) is 1.46. The molecule has 0 amide bonds. The standard InChI is InChI=1S/C21H17ClN2O2S/c1-12-8-14(6-7-17(12)26-2)16-11-27-21-19(16)20(25)23-18(24-21)10-13-4-3-5-15(22)9-13/h3-9,11H,10H2,1-2H3,(H,23,24,25). The minimum Gasteiger partial charge on any atom is -0.496 e. The fraction of sp³-hybridized carbons (Fsp3) is 0.143. The molecule has 0 unspecified atom stereocenters. The molecule has 2 aromatic carbocycles. The highest BCUT2D eigenvalue weighted by molar-refractivity contribution is 7.17. The van der Waals surface area contributed by atoms with Crippen molar-refractivity contribution in [3.05, 3.63) is 80.2 Å². The Hall–Kier alpha value is -2.63. The maximum atomic E-state index is 12.8. The topological polar surface area (TPSA) is 55.0 Å². The van der Waals surface area contributed by atoms with Gasteiger partial charge in [0, 0.05) is 22.4 Å². The van der Waals surface area contributed by atoms with Gasteiger partial charge >= 0.3 is 0 Å². The van der Waals surface area contributed by atoms with Crippen molar-refractivity contribution in [2.75, 3.05) is 7.11 Å². The van der Waals surface area contributed by atoms with Gasteiger partial charge in [0.15, 0.2) is 0 Å².